The van der Waals surface area contributed by atoms with Crippen LogP contribution in [0.3, 0.4) is 0 Å². The van der Waals surface area contributed by atoms with Crippen molar-refractivity contribution < 1.29 is 44.8 Å². The van der Waals surface area contributed by atoms with Gasteiger partial charge in [0.25, 0.3) is 0 Å². The van der Waals surface area contributed by atoms with Crippen LogP contribution in [0.4, 0.5) is 27.6 Å². The second kappa shape index (κ2) is 16.8. The van der Waals surface area contributed by atoms with Crippen LogP contribution in [-0.4, -0.2) is 66.7 Å². The molecule has 2 heterocycles. The van der Waals surface area contributed by atoms with Crippen molar-refractivity contribution in [3.63, 3.8) is 0 Å². The zero-order chi connectivity index (χ0) is 43.0. The van der Waals surface area contributed by atoms with Crippen molar-refractivity contribution in [1.29, 1.82) is 0 Å². The fourth-order valence-electron chi connectivity index (χ4n) is 6.31. The van der Waals surface area contributed by atoms with Gasteiger partial charge in [0.1, 0.15) is 12.6 Å². The minimum absolute atomic E-state index is 0.00743. The summed E-state index contributed by atoms with van der Waals surface area (Å²) in [5, 5.41) is 11.0. The van der Waals surface area contributed by atoms with Gasteiger partial charge in [0.15, 0.2) is 11.6 Å². The van der Waals surface area contributed by atoms with Gasteiger partial charge < -0.3 is 24.5 Å². The molecule has 1 amide bonds. The summed E-state index contributed by atoms with van der Waals surface area (Å²) in [4.78, 5) is 19.3. The van der Waals surface area contributed by atoms with E-state index in [0.717, 1.165) is 23.1 Å². The molecule has 4 aromatic rings. The summed E-state index contributed by atoms with van der Waals surface area (Å²) in [6.07, 6.45) is -5.51. The highest BCUT2D eigenvalue weighted by atomic mass is 32.2. The van der Waals surface area contributed by atoms with Crippen LogP contribution in [0.25, 0.3) is 11.1 Å². The number of rotatable bonds is 12. The molecular weight excluding hydrogens is 710 g/mol. The van der Waals surface area contributed by atoms with E-state index in [2.05, 4.69) is 4.90 Å². The number of carbonyl (C=O) groups excluding carboxylic acids is 1. The van der Waals surface area contributed by atoms with E-state index in [4.69, 9.17) is 10.2 Å². The molecule has 1 saturated heterocycles. The first-order valence-electron chi connectivity index (χ1n) is 20.0. The number of hydrogen-bond acceptors (Lipinski definition) is 6. The van der Waals surface area contributed by atoms with E-state index in [1.165, 1.54) is 36.1 Å². The smallest absolute Gasteiger partial charge is 0.384 e. The third-order valence-corrected chi connectivity index (χ3v) is 10.3. The van der Waals surface area contributed by atoms with Gasteiger partial charge in [0.05, 0.1) is 25.4 Å². The molecule has 0 radical (unpaired) electrons. The Labute approximate surface area is 319 Å². The predicted molar refractivity (Wildman–Crippen MR) is 198 cm³/mol. The zero-order valence-electron chi connectivity index (χ0n) is 35.1. The van der Waals surface area contributed by atoms with Crippen molar-refractivity contribution in [2.45, 2.75) is 50.4 Å². The van der Waals surface area contributed by atoms with Gasteiger partial charge in [-0.1, -0.05) is 66.2 Å². The van der Waals surface area contributed by atoms with E-state index in [0.29, 0.717) is 67.5 Å². The Morgan fingerprint density at radius 1 is 1.04 bits per heavy atom. The Kier molecular flexibility index (Phi) is 9.90. The number of anilines is 1. The minimum atomic E-state index is -4.50. The monoisotopic (exact) mass is 757 g/mol. The zero-order valence-corrected chi connectivity index (χ0v) is 29.9. The molecule has 4 aromatic carbocycles. The first kappa shape index (κ1) is 31.2. The molecule has 1 N–H and O–H groups in total. The molecular formula is C41H42F5N3O3S. The third-order valence-electron chi connectivity index (χ3n) is 9.23. The Hall–Kier alpha value is -4.23. The van der Waals surface area contributed by atoms with E-state index in [-0.39, 0.29) is 29.0 Å². The van der Waals surface area contributed by atoms with Gasteiger partial charge >= 0.3 is 6.18 Å². The van der Waals surface area contributed by atoms with Crippen LogP contribution >= 0.6 is 11.8 Å². The number of ether oxygens (including phenoxy) is 1. The Morgan fingerprint density at radius 3 is 2.38 bits per heavy atom. The van der Waals surface area contributed by atoms with Crippen LogP contribution in [0.2, 0.25) is 0 Å². The molecule has 1 unspecified atom stereocenters. The third kappa shape index (κ3) is 9.29. The van der Waals surface area contributed by atoms with Gasteiger partial charge in [0, 0.05) is 61.9 Å². The maximum atomic E-state index is 15.1. The molecule has 0 aromatic heterocycles. The number of piperidine rings is 1. The number of carbonyl (C=O) groups is 1. The molecule has 6 rings (SSSR count). The number of hydrogen-bond donors (Lipinski definition) is 1. The quantitative estimate of drug-likeness (QED) is 0.146. The first-order chi connectivity index (χ1) is 27.9. The summed E-state index contributed by atoms with van der Waals surface area (Å²) >= 11 is 0.641. The van der Waals surface area contributed by atoms with Crippen molar-refractivity contribution in [3.05, 3.63) is 135 Å². The summed E-state index contributed by atoms with van der Waals surface area (Å²) in [7, 11) is 1.59. The molecule has 2 aliphatic heterocycles. The fourth-order valence-corrected chi connectivity index (χ4v) is 7.29. The number of benzene rings is 4. The van der Waals surface area contributed by atoms with Crippen LogP contribution in [0.5, 0.6) is 0 Å². The number of alkyl halides is 3. The lowest BCUT2D eigenvalue weighted by Crippen LogP contribution is -2.50. The van der Waals surface area contributed by atoms with Gasteiger partial charge in [0.2, 0.25) is 5.91 Å². The number of methoxy groups -OCH3 is 1. The van der Waals surface area contributed by atoms with Crippen LogP contribution < -0.4 is 4.90 Å². The molecule has 1 atom stereocenters. The van der Waals surface area contributed by atoms with Crippen molar-refractivity contribution >= 4 is 23.4 Å². The molecule has 12 heteroatoms. The normalized spacial score (nSPS) is 18.8. The number of nitrogens with zero attached hydrogens (tertiary/aromatic N) is 3. The fraction of sp³-hybridized carbons (Fsp3) is 0.341. The van der Waals surface area contributed by atoms with Gasteiger partial charge in [-0.2, -0.15) is 13.2 Å². The average Bonchev–Trinajstić information content (AvgIpc) is 3.22. The lowest BCUT2D eigenvalue weighted by molar-refractivity contribution is -0.137. The number of halogens is 5. The van der Waals surface area contributed by atoms with Crippen LogP contribution in [0, 0.1) is 18.6 Å². The second-order valence-electron chi connectivity index (χ2n) is 12.8. The largest absolute Gasteiger partial charge is 0.416 e. The van der Waals surface area contributed by atoms with E-state index in [9.17, 15) is 29.8 Å². The van der Waals surface area contributed by atoms with Crippen LogP contribution in [0.15, 0.2) is 95.9 Å². The average molecular weight is 758 g/mol. The number of thioether (sulfide) groups is 1. The van der Waals surface area contributed by atoms with Gasteiger partial charge in [-0.05, 0) is 66.7 Å². The lowest BCUT2D eigenvalue weighted by Gasteiger charge is -2.40. The first-order valence-corrected chi connectivity index (χ1v) is 18.0. The summed E-state index contributed by atoms with van der Waals surface area (Å²) in [6, 6.07) is 12.2. The van der Waals surface area contributed by atoms with Crippen molar-refractivity contribution in [2.24, 2.45) is 0 Å². The summed E-state index contributed by atoms with van der Waals surface area (Å²) in [5.74, 6) is -3.79. The number of aliphatic hydroxyl groups is 1. The van der Waals surface area contributed by atoms with E-state index >= 15 is 4.79 Å². The van der Waals surface area contributed by atoms with Crippen molar-refractivity contribution in [3.8, 4) is 11.1 Å². The summed E-state index contributed by atoms with van der Waals surface area (Å²) in [5.41, 5.74) is -0.0746. The Bertz CT molecular complexity index is 2220. The van der Waals surface area contributed by atoms with E-state index in [1.807, 2.05) is 0 Å². The van der Waals surface area contributed by atoms with E-state index < -0.39 is 82.8 Å². The second-order valence-corrected chi connectivity index (χ2v) is 13.8. The summed E-state index contributed by atoms with van der Waals surface area (Å²) < 4.78 is 128. The highest BCUT2D eigenvalue weighted by Gasteiger charge is 2.33. The van der Waals surface area contributed by atoms with E-state index in [1.54, 1.807) is 31.4 Å². The number of likely N-dealkylation sites (tertiary alicyclic amines) is 1. The highest BCUT2D eigenvalue weighted by Crippen LogP contribution is 2.41. The molecule has 0 aliphatic carbocycles. The predicted octanol–water partition coefficient (Wildman–Crippen LogP) is 8.73. The van der Waals surface area contributed by atoms with Crippen molar-refractivity contribution in [2.75, 3.05) is 44.7 Å². The topological polar surface area (TPSA) is 56.3 Å². The molecule has 280 valence electrons. The highest BCUT2D eigenvalue weighted by molar-refractivity contribution is 8.02. The lowest BCUT2D eigenvalue weighted by atomic mass is 9.99. The van der Waals surface area contributed by atoms with Crippen LogP contribution in [-0.2, 0) is 28.0 Å². The number of amides is 1. The van der Waals surface area contributed by atoms with Gasteiger partial charge in [-0.3, -0.25) is 4.79 Å². The number of aliphatic hydroxyl groups excluding tert-OH is 1. The molecule has 0 bridgehead atoms. The van der Waals surface area contributed by atoms with Crippen LogP contribution in [0.1, 0.15) is 55.0 Å². The van der Waals surface area contributed by atoms with Crippen molar-refractivity contribution in [1.82, 2.24) is 9.80 Å². The maximum absolute atomic E-state index is 15.1. The molecule has 0 saturated carbocycles. The Balaban J connectivity index is 1.41. The molecule has 6 nitrogen and oxygen atoms in total. The molecule has 1 fully saturated rings. The van der Waals surface area contributed by atoms with Gasteiger partial charge in [-0.25, -0.2) is 8.78 Å². The summed E-state index contributed by atoms with van der Waals surface area (Å²) in [6.45, 7) is 0.314. The maximum Gasteiger partial charge on any atom is 0.416 e. The number of fused-ring (bicyclic) bond motifs is 1. The molecule has 0 spiro atoms. The van der Waals surface area contributed by atoms with Gasteiger partial charge in [-0.15, -0.1) is 11.8 Å². The SMILES string of the molecule is [2H]C1=C(SCc2cccc(F)c2F)N(C([2H])([2H])C(=O)N(Cc2ccc(-c3ccc(C(F)(F)F)cc3)cc2)C2CCN(CCOC)CC2)c2c([2H])c([2H])c(C)c([2H])c2C1O. The molecule has 53 heavy (non-hydrogen) atoms. The Morgan fingerprint density at radius 2 is 1.72 bits per heavy atom. The molecule has 2 aliphatic rings. The standard InChI is InChI=1S/C41H42F5N3O3S/c1-27-6-15-36-34(22-27)37(50)23-39(53-26-31-4-3-5-35(42)40(31)43)49(36)25-38(51)48(33-16-18-47(19-17-33)20-21-52-2)24-28-7-9-29(10-8-28)30-11-13-32(14-12-30)41(44,45)46/h3-15,22-23,33,37,50H,16-21,24-26H2,1-2H3/i6D,15D,22D,23D,25D2. The minimum Gasteiger partial charge on any atom is -0.384 e.